The largest absolute Gasteiger partial charge is 0.309 e. The summed E-state index contributed by atoms with van der Waals surface area (Å²) in [5.41, 5.74) is 11.1. The first kappa shape index (κ1) is 27.4. The van der Waals surface area contributed by atoms with Gasteiger partial charge in [-0.15, -0.1) is 0 Å². The lowest BCUT2D eigenvalue weighted by Gasteiger charge is -2.19. The van der Waals surface area contributed by atoms with Gasteiger partial charge in [-0.05, 0) is 71.3 Å². The molecule has 0 saturated heterocycles. The van der Waals surface area contributed by atoms with Crippen molar-refractivity contribution < 1.29 is 0 Å². The minimum atomic E-state index is 0.533. The summed E-state index contributed by atoms with van der Waals surface area (Å²) in [4.78, 5) is 3.99. The zero-order valence-corrected chi connectivity index (χ0v) is 25.8. The van der Waals surface area contributed by atoms with Gasteiger partial charge in [-0.1, -0.05) is 103 Å². The molecule has 0 radical (unpaired) electrons. The van der Waals surface area contributed by atoms with Crippen LogP contribution < -0.4 is 0 Å². The third-order valence-corrected chi connectivity index (χ3v) is 9.39. The molecule has 0 fully saturated rings. The lowest BCUT2D eigenvalue weighted by atomic mass is 9.91. The number of aromatic nitrogens is 2. The summed E-state index contributed by atoms with van der Waals surface area (Å²) in [5, 5.41) is 14.8. The maximum absolute atomic E-state index is 10.1. The Kier molecular flexibility index (Phi) is 6.22. The normalized spacial score (nSPS) is 11.3. The molecule has 7 aromatic carbocycles. The smallest absolute Gasteiger partial charge is 0.195 e. The molecule has 0 aliphatic carbocycles. The molecule has 0 atom stereocenters. The van der Waals surface area contributed by atoms with Crippen molar-refractivity contribution in [2.45, 2.75) is 0 Å². The second-order valence-corrected chi connectivity index (χ2v) is 11.9. The molecule has 0 amide bonds. The minimum Gasteiger partial charge on any atom is -0.309 e. The summed E-state index contributed by atoms with van der Waals surface area (Å²) in [5.74, 6) is 0. The van der Waals surface area contributed by atoms with Crippen LogP contribution in [0.25, 0.3) is 82.1 Å². The lowest BCUT2D eigenvalue weighted by Crippen LogP contribution is -1.99. The minimum absolute atomic E-state index is 0.533. The Morgan fingerprint density at radius 3 is 1.54 bits per heavy atom. The molecule has 4 nitrogen and oxygen atoms in total. The highest BCUT2D eigenvalue weighted by Gasteiger charge is 2.20. The van der Waals surface area contributed by atoms with Crippen molar-refractivity contribution in [1.29, 1.82) is 5.26 Å². The number of hydrogen-bond donors (Lipinski definition) is 0. The van der Waals surface area contributed by atoms with E-state index < -0.39 is 0 Å². The van der Waals surface area contributed by atoms with Gasteiger partial charge in [0, 0.05) is 32.8 Å². The van der Waals surface area contributed by atoms with Gasteiger partial charge in [-0.3, -0.25) is 0 Å². The first-order valence-electron chi connectivity index (χ1n) is 15.9. The number of nitrogens with zero attached hydrogens (tertiary/aromatic N) is 4. The van der Waals surface area contributed by atoms with E-state index >= 15 is 0 Å². The molecule has 4 heteroatoms. The van der Waals surface area contributed by atoms with Crippen LogP contribution in [-0.2, 0) is 0 Å². The van der Waals surface area contributed by atoms with Crippen LogP contribution in [0.15, 0.2) is 158 Å². The second-order valence-electron chi connectivity index (χ2n) is 11.9. The van der Waals surface area contributed by atoms with Gasteiger partial charge in [0.25, 0.3) is 0 Å². The molecule has 0 bridgehead atoms. The Bertz CT molecular complexity index is 2710. The molecule has 0 saturated carbocycles. The fourth-order valence-electron chi connectivity index (χ4n) is 7.33. The monoisotopic (exact) mass is 610 g/mol. The van der Waals surface area contributed by atoms with Crippen molar-refractivity contribution in [3.63, 3.8) is 0 Å². The summed E-state index contributed by atoms with van der Waals surface area (Å²) >= 11 is 0. The van der Waals surface area contributed by atoms with Crippen LogP contribution in [0.1, 0.15) is 5.56 Å². The fraction of sp³-hybridized carbons (Fsp3) is 0. The Balaban J connectivity index is 1.33. The Labute approximate surface area is 277 Å². The number of rotatable bonds is 4. The van der Waals surface area contributed by atoms with E-state index in [1.165, 1.54) is 21.5 Å². The molecule has 222 valence electrons. The highest BCUT2D eigenvalue weighted by atomic mass is 15.0. The summed E-state index contributed by atoms with van der Waals surface area (Å²) < 4.78 is 4.59. The third kappa shape index (κ3) is 4.07. The average Bonchev–Trinajstić information content (AvgIpc) is 3.67. The van der Waals surface area contributed by atoms with E-state index in [1.54, 1.807) is 0 Å². The van der Waals surface area contributed by atoms with E-state index in [0.29, 0.717) is 11.3 Å². The van der Waals surface area contributed by atoms with E-state index in [-0.39, 0.29) is 0 Å². The quantitative estimate of drug-likeness (QED) is 0.183. The van der Waals surface area contributed by atoms with E-state index in [2.05, 4.69) is 147 Å². The van der Waals surface area contributed by atoms with Crippen molar-refractivity contribution >= 4 is 49.3 Å². The SMILES string of the molecule is [C-]#[N+]c1ccc(-n2c3ccccc3c3ccccc32)cc1-c1cc(C#N)ccc1-c1ccccc1-n1c2ccccc2c2ccccc21. The zero-order chi connectivity index (χ0) is 32.2. The molecule has 0 N–H and O–H groups in total. The highest BCUT2D eigenvalue weighted by molar-refractivity contribution is 6.11. The Hall–Kier alpha value is -6.88. The number of benzene rings is 7. The second kappa shape index (κ2) is 10.9. The van der Waals surface area contributed by atoms with E-state index in [9.17, 15) is 5.26 Å². The average molecular weight is 611 g/mol. The molecule has 9 aromatic rings. The van der Waals surface area contributed by atoms with E-state index in [0.717, 1.165) is 55.7 Å². The van der Waals surface area contributed by atoms with Crippen LogP contribution in [-0.4, -0.2) is 9.13 Å². The molecular weight excluding hydrogens is 585 g/mol. The zero-order valence-electron chi connectivity index (χ0n) is 25.8. The summed E-state index contributed by atoms with van der Waals surface area (Å²) in [6.07, 6.45) is 0. The lowest BCUT2D eigenvalue weighted by molar-refractivity contribution is 1.18. The summed E-state index contributed by atoms with van der Waals surface area (Å²) in [6, 6.07) is 56.5. The van der Waals surface area contributed by atoms with Crippen molar-refractivity contribution in [3.8, 4) is 39.7 Å². The topological polar surface area (TPSA) is 38.0 Å². The van der Waals surface area contributed by atoms with Crippen molar-refractivity contribution in [2.75, 3.05) is 0 Å². The van der Waals surface area contributed by atoms with Gasteiger partial charge in [0.05, 0.1) is 46.0 Å². The molecule has 0 spiro atoms. The molecular formula is C44H26N4. The van der Waals surface area contributed by atoms with Gasteiger partial charge in [-0.25, -0.2) is 4.85 Å². The highest BCUT2D eigenvalue weighted by Crippen LogP contribution is 2.43. The summed E-state index contributed by atoms with van der Waals surface area (Å²) in [7, 11) is 0. The van der Waals surface area contributed by atoms with E-state index in [4.69, 9.17) is 6.57 Å². The van der Waals surface area contributed by atoms with Crippen molar-refractivity contribution in [2.24, 2.45) is 0 Å². The number of nitriles is 1. The molecule has 2 aromatic heterocycles. The van der Waals surface area contributed by atoms with Crippen LogP contribution in [0.5, 0.6) is 0 Å². The first-order chi connectivity index (χ1) is 23.7. The number of fused-ring (bicyclic) bond motifs is 6. The molecule has 0 aliphatic rings. The maximum atomic E-state index is 10.1. The molecule has 9 rings (SSSR count). The van der Waals surface area contributed by atoms with Crippen LogP contribution in [0, 0.1) is 17.9 Å². The predicted molar refractivity (Wildman–Crippen MR) is 197 cm³/mol. The Morgan fingerprint density at radius 1 is 0.458 bits per heavy atom. The Morgan fingerprint density at radius 2 is 0.979 bits per heavy atom. The van der Waals surface area contributed by atoms with Gasteiger partial charge in [0.2, 0.25) is 0 Å². The summed E-state index contributed by atoms with van der Waals surface area (Å²) in [6.45, 7) is 8.20. The standard InChI is InChI=1S/C44H26N4/c1-46-39-25-23-30(47-40-17-7-3-13-33(40)34-14-4-8-18-41(34)47)27-38(39)37-26-29(28-45)22-24-31(37)32-12-2-9-19-42(32)48-43-20-10-5-15-35(43)36-16-6-11-21-44(36)48/h2-27H. The molecule has 0 aliphatic heterocycles. The van der Waals surface area contributed by atoms with Gasteiger partial charge < -0.3 is 9.13 Å². The van der Waals surface area contributed by atoms with Gasteiger partial charge in [0.1, 0.15) is 0 Å². The van der Waals surface area contributed by atoms with Gasteiger partial charge >= 0.3 is 0 Å². The van der Waals surface area contributed by atoms with Gasteiger partial charge in [0.15, 0.2) is 5.69 Å². The van der Waals surface area contributed by atoms with Crippen molar-refractivity contribution in [3.05, 3.63) is 175 Å². The molecule has 2 heterocycles. The predicted octanol–water partition coefficient (Wildman–Crippen LogP) is 11.6. The maximum Gasteiger partial charge on any atom is 0.195 e. The van der Waals surface area contributed by atoms with Crippen LogP contribution in [0.2, 0.25) is 0 Å². The molecule has 0 unspecified atom stereocenters. The number of hydrogen-bond acceptors (Lipinski definition) is 1. The van der Waals surface area contributed by atoms with Crippen LogP contribution in [0.3, 0.4) is 0 Å². The van der Waals surface area contributed by atoms with Crippen LogP contribution in [0.4, 0.5) is 5.69 Å². The third-order valence-electron chi connectivity index (χ3n) is 9.39. The fourth-order valence-corrected chi connectivity index (χ4v) is 7.33. The van der Waals surface area contributed by atoms with E-state index in [1.807, 2.05) is 30.3 Å². The van der Waals surface area contributed by atoms with Crippen LogP contribution >= 0.6 is 0 Å². The van der Waals surface area contributed by atoms with Gasteiger partial charge in [-0.2, -0.15) is 5.26 Å². The first-order valence-corrected chi connectivity index (χ1v) is 15.9. The molecule has 48 heavy (non-hydrogen) atoms. The number of para-hydroxylation sites is 5. The van der Waals surface area contributed by atoms with Crippen molar-refractivity contribution in [1.82, 2.24) is 9.13 Å².